The summed E-state index contributed by atoms with van der Waals surface area (Å²) in [5.41, 5.74) is 5.57. The van der Waals surface area contributed by atoms with E-state index in [4.69, 9.17) is 0 Å². The number of nitrogens with one attached hydrogen (secondary N) is 1. The van der Waals surface area contributed by atoms with Crippen molar-refractivity contribution >= 4 is 5.91 Å². The fourth-order valence-electron chi connectivity index (χ4n) is 2.32. The third-order valence-corrected chi connectivity index (χ3v) is 3.53. The Morgan fingerprint density at radius 3 is 2.25 bits per heavy atom. The van der Waals surface area contributed by atoms with Crippen LogP contribution in [0.1, 0.15) is 41.3 Å². The molecular weight excluding hydrogens is 246 g/mol. The summed E-state index contributed by atoms with van der Waals surface area (Å²) in [7, 11) is 1.66. The summed E-state index contributed by atoms with van der Waals surface area (Å²) >= 11 is 0. The van der Waals surface area contributed by atoms with Crippen LogP contribution in [0.15, 0.2) is 42.5 Å². The van der Waals surface area contributed by atoms with Crippen LogP contribution in [-0.2, 0) is 0 Å². The van der Waals surface area contributed by atoms with Crippen LogP contribution >= 0.6 is 0 Å². The number of amides is 1. The Morgan fingerprint density at radius 2 is 1.70 bits per heavy atom. The third-order valence-electron chi connectivity index (χ3n) is 3.53. The second-order valence-corrected chi connectivity index (χ2v) is 5.40. The predicted octanol–water partition coefficient (Wildman–Crippen LogP) is 4.15. The van der Waals surface area contributed by atoms with Gasteiger partial charge in [-0.15, -0.1) is 0 Å². The normalized spacial score (nSPS) is 10.7. The molecular formula is C18H21NO. The fraction of sp³-hybridized carbons (Fsp3) is 0.278. The molecule has 2 aromatic carbocycles. The highest BCUT2D eigenvalue weighted by atomic mass is 16.1. The molecule has 2 heteroatoms. The van der Waals surface area contributed by atoms with Gasteiger partial charge in [-0.1, -0.05) is 49.7 Å². The number of rotatable bonds is 3. The number of carbonyl (C=O) groups excluding carboxylic acids is 1. The van der Waals surface area contributed by atoms with Crippen LogP contribution in [0, 0.1) is 6.92 Å². The van der Waals surface area contributed by atoms with Crippen LogP contribution in [0.4, 0.5) is 0 Å². The Morgan fingerprint density at radius 1 is 1.05 bits per heavy atom. The molecule has 0 spiro atoms. The molecule has 0 aromatic heterocycles. The van der Waals surface area contributed by atoms with Crippen LogP contribution in [0.3, 0.4) is 0 Å². The minimum Gasteiger partial charge on any atom is -0.355 e. The van der Waals surface area contributed by atoms with Gasteiger partial charge in [0.1, 0.15) is 0 Å². The van der Waals surface area contributed by atoms with Gasteiger partial charge < -0.3 is 5.32 Å². The first kappa shape index (κ1) is 14.3. The zero-order valence-electron chi connectivity index (χ0n) is 12.5. The average Bonchev–Trinajstić information content (AvgIpc) is 2.46. The predicted molar refractivity (Wildman–Crippen MR) is 84.1 cm³/mol. The Balaban J connectivity index is 2.53. The molecule has 0 aliphatic heterocycles. The lowest BCUT2D eigenvalue weighted by atomic mass is 9.90. The van der Waals surface area contributed by atoms with E-state index in [1.165, 1.54) is 22.3 Å². The smallest absolute Gasteiger partial charge is 0.251 e. The van der Waals surface area contributed by atoms with Crippen molar-refractivity contribution in [1.29, 1.82) is 0 Å². The SMILES string of the molecule is CNC(=O)c1ccc(-c2ccc(C)cc2)c(C(C)C)c1. The number of benzene rings is 2. The third kappa shape index (κ3) is 2.90. The molecule has 2 rings (SSSR count). The van der Waals surface area contributed by atoms with Gasteiger partial charge in [0, 0.05) is 12.6 Å². The zero-order chi connectivity index (χ0) is 14.7. The molecule has 104 valence electrons. The van der Waals surface area contributed by atoms with E-state index < -0.39 is 0 Å². The van der Waals surface area contributed by atoms with E-state index in [0.29, 0.717) is 11.5 Å². The average molecular weight is 267 g/mol. The van der Waals surface area contributed by atoms with Crippen molar-refractivity contribution < 1.29 is 4.79 Å². The van der Waals surface area contributed by atoms with Crippen LogP contribution < -0.4 is 5.32 Å². The molecule has 1 amide bonds. The van der Waals surface area contributed by atoms with E-state index in [2.05, 4.69) is 50.4 Å². The Bertz CT molecular complexity index is 612. The molecule has 2 aromatic rings. The largest absolute Gasteiger partial charge is 0.355 e. The summed E-state index contributed by atoms with van der Waals surface area (Å²) in [6.07, 6.45) is 0. The van der Waals surface area contributed by atoms with Crippen LogP contribution in [0.25, 0.3) is 11.1 Å². The highest BCUT2D eigenvalue weighted by Crippen LogP contribution is 2.30. The fourth-order valence-corrected chi connectivity index (χ4v) is 2.32. The molecule has 0 bridgehead atoms. The van der Waals surface area contributed by atoms with Gasteiger partial charge in [-0.25, -0.2) is 0 Å². The Kier molecular flexibility index (Phi) is 4.23. The van der Waals surface area contributed by atoms with Crippen LogP contribution in [0.5, 0.6) is 0 Å². The molecule has 0 aliphatic rings. The van der Waals surface area contributed by atoms with E-state index in [9.17, 15) is 4.79 Å². The Labute approximate surface area is 120 Å². The van der Waals surface area contributed by atoms with Gasteiger partial charge in [0.15, 0.2) is 0 Å². The number of carbonyl (C=O) groups is 1. The topological polar surface area (TPSA) is 29.1 Å². The molecule has 0 atom stereocenters. The molecule has 0 fully saturated rings. The second kappa shape index (κ2) is 5.91. The maximum Gasteiger partial charge on any atom is 0.251 e. The van der Waals surface area contributed by atoms with E-state index in [0.717, 1.165) is 0 Å². The van der Waals surface area contributed by atoms with Crippen LogP contribution in [0.2, 0.25) is 0 Å². The lowest BCUT2D eigenvalue weighted by Gasteiger charge is -2.15. The van der Waals surface area contributed by atoms with Gasteiger partial charge in [-0.3, -0.25) is 4.79 Å². The summed E-state index contributed by atoms with van der Waals surface area (Å²) in [6, 6.07) is 14.4. The number of aryl methyl sites for hydroxylation is 1. The number of hydrogen-bond acceptors (Lipinski definition) is 1. The minimum absolute atomic E-state index is 0.0395. The summed E-state index contributed by atoms with van der Waals surface area (Å²) in [5.74, 6) is 0.332. The monoisotopic (exact) mass is 267 g/mol. The maximum atomic E-state index is 11.8. The standard InChI is InChI=1S/C18H21NO/c1-12(2)17-11-15(18(20)19-4)9-10-16(17)14-7-5-13(3)6-8-14/h5-12H,1-4H3,(H,19,20). The highest BCUT2D eigenvalue weighted by molar-refractivity contribution is 5.95. The van der Waals surface area contributed by atoms with Gasteiger partial charge in [0.2, 0.25) is 0 Å². The van der Waals surface area contributed by atoms with Crippen molar-refractivity contribution in [3.63, 3.8) is 0 Å². The maximum absolute atomic E-state index is 11.8. The van der Waals surface area contributed by atoms with Gasteiger partial charge in [-0.05, 0) is 41.7 Å². The first-order valence-corrected chi connectivity index (χ1v) is 6.96. The highest BCUT2D eigenvalue weighted by Gasteiger charge is 2.12. The number of hydrogen-bond donors (Lipinski definition) is 1. The lowest BCUT2D eigenvalue weighted by Crippen LogP contribution is -2.18. The second-order valence-electron chi connectivity index (χ2n) is 5.40. The van der Waals surface area contributed by atoms with Gasteiger partial charge in [-0.2, -0.15) is 0 Å². The minimum atomic E-state index is -0.0395. The van der Waals surface area contributed by atoms with Crippen molar-refractivity contribution in [3.05, 3.63) is 59.2 Å². The Hall–Kier alpha value is -2.09. The van der Waals surface area contributed by atoms with Crippen molar-refractivity contribution in [2.75, 3.05) is 7.05 Å². The molecule has 2 nitrogen and oxygen atoms in total. The van der Waals surface area contributed by atoms with E-state index in [1.807, 2.05) is 18.2 Å². The van der Waals surface area contributed by atoms with Crippen molar-refractivity contribution in [1.82, 2.24) is 5.32 Å². The molecule has 0 heterocycles. The van der Waals surface area contributed by atoms with Crippen LogP contribution in [-0.4, -0.2) is 13.0 Å². The molecule has 0 radical (unpaired) electrons. The summed E-state index contributed by atoms with van der Waals surface area (Å²) in [5, 5.41) is 2.68. The van der Waals surface area contributed by atoms with Crippen molar-refractivity contribution in [2.45, 2.75) is 26.7 Å². The first-order valence-electron chi connectivity index (χ1n) is 6.96. The molecule has 1 N–H and O–H groups in total. The van der Waals surface area contributed by atoms with E-state index in [1.54, 1.807) is 7.05 Å². The first-order chi connectivity index (χ1) is 9.52. The van der Waals surface area contributed by atoms with Gasteiger partial charge >= 0.3 is 0 Å². The van der Waals surface area contributed by atoms with Gasteiger partial charge in [0.25, 0.3) is 5.91 Å². The summed E-state index contributed by atoms with van der Waals surface area (Å²) in [4.78, 5) is 11.8. The molecule has 0 saturated heterocycles. The summed E-state index contributed by atoms with van der Waals surface area (Å²) in [6.45, 7) is 6.39. The lowest BCUT2D eigenvalue weighted by molar-refractivity contribution is 0.0963. The zero-order valence-corrected chi connectivity index (χ0v) is 12.5. The van der Waals surface area contributed by atoms with Crippen molar-refractivity contribution in [3.8, 4) is 11.1 Å². The summed E-state index contributed by atoms with van der Waals surface area (Å²) < 4.78 is 0. The molecule has 0 saturated carbocycles. The van der Waals surface area contributed by atoms with Gasteiger partial charge in [0.05, 0.1) is 0 Å². The molecule has 0 aliphatic carbocycles. The van der Waals surface area contributed by atoms with Crippen molar-refractivity contribution in [2.24, 2.45) is 0 Å². The quantitative estimate of drug-likeness (QED) is 0.889. The molecule has 20 heavy (non-hydrogen) atoms. The molecule has 0 unspecified atom stereocenters. The van der Waals surface area contributed by atoms with E-state index >= 15 is 0 Å². The van der Waals surface area contributed by atoms with E-state index in [-0.39, 0.29) is 5.91 Å².